The van der Waals surface area contributed by atoms with Gasteiger partial charge < -0.3 is 14.7 Å². The van der Waals surface area contributed by atoms with Gasteiger partial charge in [0.15, 0.2) is 0 Å². The highest BCUT2D eigenvalue weighted by molar-refractivity contribution is 6.31. The summed E-state index contributed by atoms with van der Waals surface area (Å²) in [6.45, 7) is 11.0. The minimum absolute atomic E-state index is 0.272. The molecule has 0 unspecified atom stereocenters. The van der Waals surface area contributed by atoms with Gasteiger partial charge in [0.1, 0.15) is 5.75 Å². The van der Waals surface area contributed by atoms with E-state index in [-0.39, 0.29) is 10.6 Å². The smallest absolute Gasteiger partial charge is 0.417 e. The normalized spacial score (nSPS) is 16.5. The molecule has 1 aliphatic rings. The van der Waals surface area contributed by atoms with Gasteiger partial charge in [-0.05, 0) is 93.6 Å². The summed E-state index contributed by atoms with van der Waals surface area (Å²) in [6.07, 6.45) is -1.71. The van der Waals surface area contributed by atoms with Crippen LogP contribution < -0.4 is 4.74 Å². The fourth-order valence-corrected chi connectivity index (χ4v) is 5.06. The van der Waals surface area contributed by atoms with E-state index in [0.29, 0.717) is 32.5 Å². The van der Waals surface area contributed by atoms with E-state index < -0.39 is 17.3 Å². The molecular formula is C28H38ClF3N2O2. The van der Waals surface area contributed by atoms with Gasteiger partial charge in [0.25, 0.3) is 0 Å². The first-order valence-corrected chi connectivity index (χ1v) is 13.0. The van der Waals surface area contributed by atoms with Crippen LogP contribution in [-0.2, 0) is 18.3 Å². The Balaban J connectivity index is 1.58. The van der Waals surface area contributed by atoms with Gasteiger partial charge in [-0.2, -0.15) is 13.2 Å². The Labute approximate surface area is 218 Å². The number of likely N-dealkylation sites (tertiary alicyclic amines) is 1. The van der Waals surface area contributed by atoms with Crippen molar-refractivity contribution in [2.75, 3.05) is 39.8 Å². The molecule has 2 aromatic rings. The maximum absolute atomic E-state index is 13.3. The molecular weight excluding hydrogens is 489 g/mol. The Morgan fingerprint density at radius 2 is 1.78 bits per heavy atom. The van der Waals surface area contributed by atoms with Gasteiger partial charge in [-0.1, -0.05) is 30.7 Å². The van der Waals surface area contributed by atoms with Crippen molar-refractivity contribution >= 4 is 11.6 Å². The largest absolute Gasteiger partial charge is 0.493 e. The minimum atomic E-state index is -4.55. The third-order valence-electron chi connectivity index (χ3n) is 7.28. The highest BCUT2D eigenvalue weighted by Crippen LogP contribution is 2.40. The highest BCUT2D eigenvalue weighted by atomic mass is 35.5. The standard InChI is InChI=1S/C28H38ClF3N2O2/c1-5-13-33(4)14-6-17-36-26-10-7-22(20(2)21(26)3)19-34-15-11-27(35,12-16-34)23-8-9-25(29)24(18-23)28(30,31)32/h7-10,18,35H,5-6,11-17,19H2,1-4H3. The van der Waals surface area contributed by atoms with Crippen LogP contribution in [0.5, 0.6) is 5.75 Å². The minimum Gasteiger partial charge on any atom is -0.493 e. The predicted octanol–water partition coefficient (Wildman–Crippen LogP) is 6.57. The maximum atomic E-state index is 13.3. The molecule has 0 aliphatic carbocycles. The Bertz CT molecular complexity index is 1020. The van der Waals surface area contributed by atoms with Crippen molar-refractivity contribution in [2.24, 2.45) is 0 Å². The van der Waals surface area contributed by atoms with Gasteiger partial charge in [-0.3, -0.25) is 4.90 Å². The van der Waals surface area contributed by atoms with Gasteiger partial charge in [0.2, 0.25) is 0 Å². The van der Waals surface area contributed by atoms with Gasteiger partial charge in [0, 0.05) is 26.2 Å². The predicted molar refractivity (Wildman–Crippen MR) is 139 cm³/mol. The molecule has 2 aromatic carbocycles. The molecule has 200 valence electrons. The van der Waals surface area contributed by atoms with Crippen LogP contribution in [0.25, 0.3) is 0 Å². The lowest BCUT2D eigenvalue weighted by molar-refractivity contribution is -0.137. The summed E-state index contributed by atoms with van der Waals surface area (Å²) in [6, 6.07) is 7.84. The molecule has 1 fully saturated rings. The molecule has 0 atom stereocenters. The first-order chi connectivity index (χ1) is 16.9. The molecule has 8 heteroatoms. The van der Waals surface area contributed by atoms with Crippen LogP contribution in [0.1, 0.15) is 60.4 Å². The summed E-state index contributed by atoms with van der Waals surface area (Å²) in [5, 5.41) is 10.8. The number of aliphatic hydroxyl groups is 1. The first-order valence-electron chi connectivity index (χ1n) is 12.7. The first kappa shape index (κ1) is 28.8. The lowest BCUT2D eigenvalue weighted by Crippen LogP contribution is -2.42. The molecule has 0 aromatic heterocycles. The molecule has 0 amide bonds. The van der Waals surface area contributed by atoms with E-state index in [9.17, 15) is 18.3 Å². The van der Waals surface area contributed by atoms with Crippen molar-refractivity contribution in [1.82, 2.24) is 9.80 Å². The van der Waals surface area contributed by atoms with Crippen LogP contribution in [0, 0.1) is 13.8 Å². The second-order valence-electron chi connectivity index (χ2n) is 9.98. The van der Waals surface area contributed by atoms with Crippen LogP contribution in [0.15, 0.2) is 30.3 Å². The second kappa shape index (κ2) is 12.2. The molecule has 0 radical (unpaired) electrons. The molecule has 0 bridgehead atoms. The van der Waals surface area contributed by atoms with E-state index in [4.69, 9.17) is 16.3 Å². The maximum Gasteiger partial charge on any atom is 0.417 e. The topological polar surface area (TPSA) is 35.9 Å². The quantitative estimate of drug-likeness (QED) is 0.355. The van der Waals surface area contributed by atoms with Crippen molar-refractivity contribution in [1.29, 1.82) is 0 Å². The van der Waals surface area contributed by atoms with Crippen molar-refractivity contribution < 1.29 is 23.0 Å². The number of piperidine rings is 1. The summed E-state index contributed by atoms with van der Waals surface area (Å²) >= 11 is 5.76. The summed E-state index contributed by atoms with van der Waals surface area (Å²) in [7, 11) is 2.13. The molecule has 0 spiro atoms. The van der Waals surface area contributed by atoms with Crippen molar-refractivity contribution in [3.63, 3.8) is 0 Å². The highest BCUT2D eigenvalue weighted by Gasteiger charge is 2.38. The average Bonchev–Trinajstić information content (AvgIpc) is 2.82. The van der Waals surface area contributed by atoms with E-state index in [2.05, 4.69) is 43.7 Å². The number of nitrogens with zero attached hydrogens (tertiary/aromatic N) is 2. The summed E-state index contributed by atoms with van der Waals surface area (Å²) < 4.78 is 45.9. The zero-order valence-corrected chi connectivity index (χ0v) is 22.5. The van der Waals surface area contributed by atoms with Crippen LogP contribution >= 0.6 is 11.6 Å². The summed E-state index contributed by atoms with van der Waals surface area (Å²) in [5.41, 5.74) is 1.58. The third-order valence-corrected chi connectivity index (χ3v) is 7.61. The molecule has 1 aliphatic heterocycles. The average molecular weight is 527 g/mol. The SMILES string of the molecule is CCCN(C)CCCOc1ccc(CN2CCC(O)(c3ccc(Cl)c(C(F)(F)F)c3)CC2)c(C)c1C. The van der Waals surface area contributed by atoms with Crippen LogP contribution in [-0.4, -0.2) is 54.7 Å². The number of benzene rings is 2. The molecule has 0 saturated carbocycles. The number of ether oxygens (including phenoxy) is 1. The number of rotatable bonds is 10. The van der Waals surface area contributed by atoms with E-state index in [1.165, 1.54) is 23.3 Å². The number of hydrogen-bond donors (Lipinski definition) is 1. The number of halogens is 4. The van der Waals surface area contributed by atoms with Crippen LogP contribution in [0.3, 0.4) is 0 Å². The molecule has 1 heterocycles. The second-order valence-corrected chi connectivity index (χ2v) is 10.4. The van der Waals surface area contributed by atoms with Gasteiger partial charge in [-0.25, -0.2) is 0 Å². The molecule has 4 nitrogen and oxygen atoms in total. The fourth-order valence-electron chi connectivity index (χ4n) is 4.83. The van der Waals surface area contributed by atoms with Crippen LogP contribution in [0.2, 0.25) is 5.02 Å². The van der Waals surface area contributed by atoms with E-state index in [1.807, 2.05) is 6.07 Å². The Kier molecular flexibility index (Phi) is 9.72. The third kappa shape index (κ3) is 7.15. The van der Waals surface area contributed by atoms with E-state index in [0.717, 1.165) is 49.9 Å². The fraction of sp³-hybridized carbons (Fsp3) is 0.571. The molecule has 3 rings (SSSR count). The lowest BCUT2D eigenvalue weighted by atomic mass is 9.83. The number of hydrogen-bond acceptors (Lipinski definition) is 4. The molecule has 1 saturated heterocycles. The van der Waals surface area contributed by atoms with Crippen LogP contribution in [0.4, 0.5) is 13.2 Å². The monoisotopic (exact) mass is 526 g/mol. The number of alkyl halides is 3. The van der Waals surface area contributed by atoms with E-state index in [1.54, 1.807) is 0 Å². The summed E-state index contributed by atoms with van der Waals surface area (Å²) in [4.78, 5) is 4.55. The Morgan fingerprint density at radius 1 is 1.08 bits per heavy atom. The Hall–Kier alpha value is -1.80. The van der Waals surface area contributed by atoms with Gasteiger partial charge >= 0.3 is 6.18 Å². The van der Waals surface area contributed by atoms with E-state index >= 15 is 0 Å². The zero-order valence-electron chi connectivity index (χ0n) is 21.7. The summed E-state index contributed by atoms with van der Waals surface area (Å²) in [5.74, 6) is 0.908. The van der Waals surface area contributed by atoms with Crippen molar-refractivity contribution in [3.05, 3.63) is 63.2 Å². The van der Waals surface area contributed by atoms with Gasteiger partial charge in [-0.15, -0.1) is 0 Å². The van der Waals surface area contributed by atoms with Crippen molar-refractivity contribution in [3.8, 4) is 5.75 Å². The van der Waals surface area contributed by atoms with Crippen molar-refractivity contribution in [2.45, 2.75) is 64.8 Å². The van der Waals surface area contributed by atoms with Gasteiger partial charge in [0.05, 0.1) is 22.8 Å². The lowest BCUT2D eigenvalue weighted by Gasteiger charge is -2.39. The molecule has 1 N–H and O–H groups in total. The molecule has 36 heavy (non-hydrogen) atoms. The zero-order chi connectivity index (χ0) is 26.5. The Morgan fingerprint density at radius 3 is 2.42 bits per heavy atom.